The van der Waals surface area contributed by atoms with Crippen molar-refractivity contribution in [1.82, 2.24) is 4.98 Å². The van der Waals surface area contributed by atoms with Crippen molar-refractivity contribution >= 4 is 53.0 Å². The number of thiazole rings is 1. The smallest absolute Gasteiger partial charge is 0.230 e. The third-order valence-electron chi connectivity index (χ3n) is 2.35. The monoisotopic (exact) mass is 321 g/mol. The molecule has 2 aromatic rings. The zero-order valence-electron chi connectivity index (χ0n) is 9.72. The maximum atomic E-state index is 11.2. The fourth-order valence-electron chi connectivity index (χ4n) is 1.40. The molecule has 98 valence electrons. The maximum absolute atomic E-state index is 11.2. The summed E-state index contributed by atoms with van der Waals surface area (Å²) < 4.78 is 24.3. The van der Waals surface area contributed by atoms with Crippen LogP contribution in [0.1, 0.15) is 19.8 Å². The van der Waals surface area contributed by atoms with Crippen LogP contribution < -0.4 is 0 Å². The molecule has 1 aromatic carbocycles. The van der Waals surface area contributed by atoms with Gasteiger partial charge < -0.3 is 0 Å². The number of halogens is 1. The first-order valence-corrected chi connectivity index (χ1v) is 9.60. The molecule has 1 heterocycles. The molecule has 0 aliphatic heterocycles. The summed E-state index contributed by atoms with van der Waals surface area (Å²) in [4.78, 5) is 4.58. The fourth-order valence-corrected chi connectivity index (χ4v) is 4.51. The molecule has 0 aliphatic carbocycles. The summed E-state index contributed by atoms with van der Waals surface area (Å²) in [6.45, 7) is 2.15. The molecule has 7 heteroatoms. The highest BCUT2D eigenvalue weighted by Crippen LogP contribution is 2.32. The summed E-state index contributed by atoms with van der Waals surface area (Å²) in [6.07, 6.45) is 2.31. The van der Waals surface area contributed by atoms with Crippen LogP contribution >= 0.6 is 33.8 Å². The lowest BCUT2D eigenvalue weighted by atomic mass is 10.3. The number of hydrogen-bond donors (Lipinski definition) is 0. The van der Waals surface area contributed by atoms with Crippen molar-refractivity contribution in [2.24, 2.45) is 0 Å². The Balaban J connectivity index is 2.28. The fraction of sp³-hybridized carbons (Fsp3) is 0.364. The normalized spacial score (nSPS) is 12.1. The van der Waals surface area contributed by atoms with Gasteiger partial charge in [0.15, 0.2) is 4.34 Å². The molecule has 0 bridgehead atoms. The Morgan fingerprint density at radius 1 is 1.44 bits per heavy atom. The summed E-state index contributed by atoms with van der Waals surface area (Å²) in [5.74, 6) is 1.04. The van der Waals surface area contributed by atoms with Gasteiger partial charge >= 0.3 is 0 Å². The van der Waals surface area contributed by atoms with E-state index in [1.54, 1.807) is 23.9 Å². The van der Waals surface area contributed by atoms with Crippen molar-refractivity contribution < 1.29 is 8.42 Å². The topological polar surface area (TPSA) is 47.0 Å². The van der Waals surface area contributed by atoms with Gasteiger partial charge in [0.2, 0.25) is 0 Å². The minimum Gasteiger partial charge on any atom is -0.230 e. The minimum absolute atomic E-state index is 0.130. The molecule has 0 fully saturated rings. The van der Waals surface area contributed by atoms with Crippen molar-refractivity contribution in [1.29, 1.82) is 0 Å². The Labute approximate surface area is 119 Å². The summed E-state index contributed by atoms with van der Waals surface area (Å²) >= 11 is 3.22. The van der Waals surface area contributed by atoms with Crippen LogP contribution in [0.2, 0.25) is 0 Å². The van der Waals surface area contributed by atoms with E-state index in [1.807, 2.05) is 0 Å². The maximum Gasteiger partial charge on any atom is 0.261 e. The van der Waals surface area contributed by atoms with Gasteiger partial charge in [-0.3, -0.25) is 0 Å². The van der Waals surface area contributed by atoms with E-state index < -0.39 is 9.05 Å². The van der Waals surface area contributed by atoms with E-state index in [1.165, 1.54) is 17.4 Å². The number of aromatic nitrogens is 1. The molecule has 0 N–H and O–H groups in total. The number of nitrogens with zero attached hydrogens (tertiary/aromatic N) is 1. The van der Waals surface area contributed by atoms with Crippen LogP contribution in [0, 0.1) is 0 Å². The minimum atomic E-state index is -3.66. The molecule has 0 saturated carbocycles. The largest absolute Gasteiger partial charge is 0.261 e. The number of thioether (sulfide) groups is 1. The van der Waals surface area contributed by atoms with Crippen LogP contribution in [0.4, 0.5) is 0 Å². The Hall–Kier alpha value is -0.300. The molecule has 0 radical (unpaired) electrons. The number of fused-ring (bicyclic) bond motifs is 1. The van der Waals surface area contributed by atoms with E-state index in [0.717, 1.165) is 33.2 Å². The highest BCUT2D eigenvalue weighted by atomic mass is 35.7. The van der Waals surface area contributed by atoms with Gasteiger partial charge in [0.05, 0.1) is 15.1 Å². The summed E-state index contributed by atoms with van der Waals surface area (Å²) in [5.41, 5.74) is 0.822. The summed E-state index contributed by atoms with van der Waals surface area (Å²) in [7, 11) is 1.66. The Morgan fingerprint density at radius 3 is 2.89 bits per heavy atom. The van der Waals surface area contributed by atoms with Crippen molar-refractivity contribution in [3.8, 4) is 0 Å². The van der Waals surface area contributed by atoms with Gasteiger partial charge in [-0.1, -0.05) is 25.1 Å². The molecule has 18 heavy (non-hydrogen) atoms. The second-order valence-electron chi connectivity index (χ2n) is 3.75. The zero-order chi connectivity index (χ0) is 13.2. The van der Waals surface area contributed by atoms with Crippen molar-refractivity contribution in [3.63, 3.8) is 0 Å². The quantitative estimate of drug-likeness (QED) is 0.472. The molecule has 1 aromatic heterocycles. The number of benzene rings is 1. The highest BCUT2D eigenvalue weighted by molar-refractivity contribution is 8.13. The lowest BCUT2D eigenvalue weighted by Gasteiger charge is -1.94. The average molecular weight is 322 g/mol. The number of rotatable bonds is 5. The van der Waals surface area contributed by atoms with E-state index in [9.17, 15) is 8.42 Å². The molecular formula is C11H12ClNO2S3. The van der Waals surface area contributed by atoms with Gasteiger partial charge in [0.25, 0.3) is 9.05 Å². The van der Waals surface area contributed by atoms with Crippen LogP contribution in [-0.4, -0.2) is 19.2 Å². The average Bonchev–Trinajstić information content (AvgIpc) is 2.69. The SMILES string of the molecule is CCCCSc1nc2ccc(S(=O)(=O)Cl)cc2s1. The van der Waals surface area contributed by atoms with Crippen LogP contribution in [0.5, 0.6) is 0 Å². The first kappa shape index (κ1) is 14.1. The summed E-state index contributed by atoms with van der Waals surface area (Å²) in [6, 6.07) is 4.77. The van der Waals surface area contributed by atoms with Crippen LogP contribution in [0.15, 0.2) is 27.4 Å². The molecule has 0 spiro atoms. The predicted molar refractivity (Wildman–Crippen MR) is 78.3 cm³/mol. The number of hydrogen-bond acceptors (Lipinski definition) is 5. The molecule has 0 unspecified atom stereocenters. The van der Waals surface area contributed by atoms with E-state index in [-0.39, 0.29) is 4.90 Å². The third-order valence-corrected chi connectivity index (χ3v) is 5.94. The van der Waals surface area contributed by atoms with Gasteiger partial charge in [-0.25, -0.2) is 13.4 Å². The lowest BCUT2D eigenvalue weighted by Crippen LogP contribution is -1.88. The van der Waals surface area contributed by atoms with E-state index in [2.05, 4.69) is 11.9 Å². The third kappa shape index (κ3) is 3.38. The standard InChI is InChI=1S/C11H12ClNO2S3/c1-2-3-6-16-11-13-9-5-4-8(18(12,14)15)7-10(9)17-11/h4-5,7H,2-3,6H2,1H3. The second-order valence-corrected chi connectivity index (χ2v) is 8.69. The van der Waals surface area contributed by atoms with Gasteiger partial charge in [0, 0.05) is 16.4 Å². The second kappa shape index (κ2) is 5.77. The molecular weight excluding hydrogens is 310 g/mol. The molecule has 0 aliphatic rings. The zero-order valence-corrected chi connectivity index (χ0v) is 12.9. The van der Waals surface area contributed by atoms with Crippen molar-refractivity contribution in [2.75, 3.05) is 5.75 Å². The van der Waals surface area contributed by atoms with Crippen molar-refractivity contribution in [3.05, 3.63) is 18.2 Å². The Bertz CT molecular complexity index is 651. The first-order chi connectivity index (χ1) is 8.50. The molecule has 0 atom stereocenters. The first-order valence-electron chi connectivity index (χ1n) is 5.49. The van der Waals surface area contributed by atoms with Crippen LogP contribution in [0.3, 0.4) is 0 Å². The van der Waals surface area contributed by atoms with Crippen molar-refractivity contribution in [2.45, 2.75) is 29.0 Å². The summed E-state index contributed by atoms with van der Waals surface area (Å²) in [5, 5.41) is 0. The molecule has 0 saturated heterocycles. The van der Waals surface area contributed by atoms with Crippen LogP contribution in [-0.2, 0) is 9.05 Å². The lowest BCUT2D eigenvalue weighted by molar-refractivity contribution is 0.609. The van der Waals surface area contributed by atoms with E-state index in [4.69, 9.17) is 10.7 Å². The Morgan fingerprint density at radius 2 is 2.22 bits per heavy atom. The predicted octanol–water partition coefficient (Wildman–Crippen LogP) is 4.12. The highest BCUT2D eigenvalue weighted by Gasteiger charge is 2.12. The van der Waals surface area contributed by atoms with E-state index >= 15 is 0 Å². The van der Waals surface area contributed by atoms with Gasteiger partial charge in [0.1, 0.15) is 0 Å². The van der Waals surface area contributed by atoms with Gasteiger partial charge in [-0.05, 0) is 24.6 Å². The van der Waals surface area contributed by atoms with Gasteiger partial charge in [-0.15, -0.1) is 11.3 Å². The van der Waals surface area contributed by atoms with Gasteiger partial charge in [-0.2, -0.15) is 0 Å². The van der Waals surface area contributed by atoms with E-state index in [0.29, 0.717) is 0 Å². The number of unbranched alkanes of at least 4 members (excludes halogenated alkanes) is 1. The molecule has 2 rings (SSSR count). The Kier molecular flexibility index (Phi) is 4.53. The van der Waals surface area contributed by atoms with Crippen LogP contribution in [0.25, 0.3) is 10.2 Å². The molecule has 0 amide bonds. The molecule has 3 nitrogen and oxygen atoms in total.